The fraction of sp³-hybridized carbons (Fsp3) is 0.143. The number of aryl methyl sites for hydroxylation is 1. The molecule has 0 aromatic heterocycles. The van der Waals surface area contributed by atoms with Crippen molar-refractivity contribution in [3.63, 3.8) is 0 Å². The van der Waals surface area contributed by atoms with E-state index in [4.69, 9.17) is 0 Å². The predicted octanol–water partition coefficient (Wildman–Crippen LogP) is 7.09. The normalized spacial score (nSPS) is 12.1. The van der Waals surface area contributed by atoms with Crippen molar-refractivity contribution >= 4 is 0 Å². The molecule has 3 aromatic rings. The molecular formula is C21H10F10O2. The smallest absolute Gasteiger partial charge is 0.429 e. The minimum Gasteiger partial charge on any atom is -0.429 e. The molecule has 176 valence electrons. The maximum atomic E-state index is 14.3. The van der Waals surface area contributed by atoms with Gasteiger partial charge in [0.25, 0.3) is 0 Å². The molecule has 33 heavy (non-hydrogen) atoms. The summed E-state index contributed by atoms with van der Waals surface area (Å²) in [6.45, 7) is 1.12. The zero-order valence-electron chi connectivity index (χ0n) is 16.1. The van der Waals surface area contributed by atoms with E-state index in [-0.39, 0.29) is 29.8 Å². The van der Waals surface area contributed by atoms with Crippen molar-refractivity contribution in [1.29, 1.82) is 0 Å². The molecule has 0 heterocycles. The first-order valence-corrected chi connectivity index (χ1v) is 8.76. The number of halogens is 10. The van der Waals surface area contributed by atoms with Crippen LogP contribution in [0.4, 0.5) is 43.9 Å². The summed E-state index contributed by atoms with van der Waals surface area (Å²) >= 11 is 0. The Morgan fingerprint density at radius 3 is 1.61 bits per heavy atom. The van der Waals surface area contributed by atoms with Gasteiger partial charge in [-0.25, -0.2) is 26.3 Å². The van der Waals surface area contributed by atoms with Gasteiger partial charge in [0.2, 0.25) is 0 Å². The Morgan fingerprint density at radius 1 is 0.545 bits per heavy atom. The molecule has 0 bridgehead atoms. The lowest BCUT2D eigenvalue weighted by Gasteiger charge is -2.21. The van der Waals surface area contributed by atoms with E-state index in [9.17, 15) is 43.9 Å². The van der Waals surface area contributed by atoms with Gasteiger partial charge in [0.05, 0.1) is 0 Å². The minimum absolute atomic E-state index is 0.0782. The summed E-state index contributed by atoms with van der Waals surface area (Å²) < 4.78 is 146. The highest BCUT2D eigenvalue weighted by atomic mass is 19.3. The summed E-state index contributed by atoms with van der Waals surface area (Å²) in [6, 6.07) is 2.31. The number of hydrogen-bond donors (Lipinski definition) is 0. The maximum Gasteiger partial charge on any atom is 0.429 e. The molecule has 3 rings (SSSR count). The molecule has 0 fully saturated rings. The van der Waals surface area contributed by atoms with Crippen LogP contribution in [-0.4, -0.2) is 0 Å². The minimum atomic E-state index is -4.59. The monoisotopic (exact) mass is 484 g/mol. The molecular weight excluding hydrogens is 474 g/mol. The van der Waals surface area contributed by atoms with Crippen molar-refractivity contribution in [3.05, 3.63) is 94.1 Å². The number of benzene rings is 3. The Kier molecular flexibility index (Phi) is 6.22. The number of alkyl halides is 4. The molecule has 0 aliphatic carbocycles. The Balaban J connectivity index is 1.87. The second-order valence-electron chi connectivity index (χ2n) is 6.64. The third-order valence-electron chi connectivity index (χ3n) is 4.29. The van der Waals surface area contributed by atoms with E-state index in [1.165, 1.54) is 0 Å². The van der Waals surface area contributed by atoms with Gasteiger partial charge in [0, 0.05) is 18.2 Å². The maximum absolute atomic E-state index is 14.3. The lowest BCUT2D eigenvalue weighted by molar-refractivity contribution is -0.189. The van der Waals surface area contributed by atoms with Crippen LogP contribution >= 0.6 is 0 Å². The van der Waals surface area contributed by atoms with Crippen LogP contribution < -0.4 is 9.47 Å². The van der Waals surface area contributed by atoms with Gasteiger partial charge in [-0.05, 0) is 30.7 Å². The van der Waals surface area contributed by atoms with Gasteiger partial charge < -0.3 is 9.47 Å². The zero-order chi connectivity index (χ0) is 24.7. The van der Waals surface area contributed by atoms with Gasteiger partial charge in [-0.2, -0.15) is 17.6 Å². The third kappa shape index (κ3) is 4.83. The largest absolute Gasteiger partial charge is 0.429 e. The first kappa shape index (κ1) is 24.2. The third-order valence-corrected chi connectivity index (χ3v) is 4.29. The highest BCUT2D eigenvalue weighted by Crippen LogP contribution is 2.38. The van der Waals surface area contributed by atoms with E-state index in [1.54, 1.807) is 0 Å². The van der Waals surface area contributed by atoms with Gasteiger partial charge >= 0.3 is 12.2 Å². The van der Waals surface area contributed by atoms with Crippen LogP contribution in [0.1, 0.15) is 16.7 Å². The van der Waals surface area contributed by atoms with Gasteiger partial charge in [-0.15, -0.1) is 0 Å². The molecule has 0 saturated heterocycles. The van der Waals surface area contributed by atoms with Gasteiger partial charge in [0.15, 0.2) is 29.1 Å². The molecule has 0 radical (unpaired) electrons. The summed E-state index contributed by atoms with van der Waals surface area (Å²) in [5, 5.41) is 0. The lowest BCUT2D eigenvalue weighted by atomic mass is 10.1. The van der Waals surface area contributed by atoms with Crippen LogP contribution in [0.5, 0.6) is 11.5 Å². The summed E-state index contributed by atoms with van der Waals surface area (Å²) in [4.78, 5) is 0. The summed E-state index contributed by atoms with van der Waals surface area (Å²) in [7, 11) is 0. The van der Waals surface area contributed by atoms with E-state index in [2.05, 4.69) is 9.47 Å². The summed E-state index contributed by atoms with van der Waals surface area (Å²) in [6.07, 6.45) is -9.11. The van der Waals surface area contributed by atoms with E-state index in [1.807, 2.05) is 0 Å². The van der Waals surface area contributed by atoms with E-state index < -0.39 is 69.7 Å². The Morgan fingerprint density at radius 2 is 1.03 bits per heavy atom. The van der Waals surface area contributed by atoms with Crippen LogP contribution in [0.2, 0.25) is 0 Å². The van der Waals surface area contributed by atoms with E-state index >= 15 is 0 Å². The molecule has 12 heteroatoms. The van der Waals surface area contributed by atoms with Crippen LogP contribution in [0, 0.1) is 41.8 Å². The highest BCUT2D eigenvalue weighted by molar-refractivity contribution is 5.34. The van der Waals surface area contributed by atoms with Crippen molar-refractivity contribution in [2.45, 2.75) is 19.1 Å². The molecule has 0 aliphatic rings. The quantitative estimate of drug-likeness (QED) is 0.275. The van der Waals surface area contributed by atoms with Gasteiger partial charge in [-0.3, -0.25) is 0 Å². The Hall–Kier alpha value is -3.44. The Bertz CT molecular complexity index is 1190. The topological polar surface area (TPSA) is 18.5 Å². The molecule has 0 saturated carbocycles. The van der Waals surface area contributed by atoms with Crippen LogP contribution in [-0.2, 0) is 12.2 Å². The molecule has 3 aromatic carbocycles. The molecule has 0 unspecified atom stereocenters. The first-order chi connectivity index (χ1) is 15.2. The average Bonchev–Trinajstić information content (AvgIpc) is 2.69. The highest BCUT2D eigenvalue weighted by Gasteiger charge is 2.41. The molecule has 0 atom stereocenters. The fourth-order valence-electron chi connectivity index (χ4n) is 2.66. The number of ether oxygens (including phenoxy) is 2. The molecule has 0 aliphatic heterocycles. The lowest BCUT2D eigenvalue weighted by Crippen LogP contribution is -2.25. The van der Waals surface area contributed by atoms with E-state index in [0.717, 1.165) is 13.0 Å². The summed E-state index contributed by atoms with van der Waals surface area (Å²) in [5.74, 6) is -13.2. The SMILES string of the molecule is Cc1ccc(C(F)(F)Oc2ccc(C(F)(F)Oc3cc(F)c(F)c(F)c3)c(F)c2)c(F)c1F. The van der Waals surface area contributed by atoms with E-state index in [0.29, 0.717) is 12.1 Å². The van der Waals surface area contributed by atoms with Crippen LogP contribution in [0.25, 0.3) is 0 Å². The Labute approximate surface area is 179 Å². The zero-order valence-corrected chi connectivity index (χ0v) is 16.1. The molecule has 0 spiro atoms. The van der Waals surface area contributed by atoms with Gasteiger partial charge in [-0.1, -0.05) is 6.07 Å². The summed E-state index contributed by atoms with van der Waals surface area (Å²) in [5.41, 5.74) is -3.36. The molecule has 0 N–H and O–H groups in total. The predicted molar refractivity (Wildman–Crippen MR) is 92.9 cm³/mol. The second-order valence-corrected chi connectivity index (χ2v) is 6.64. The first-order valence-electron chi connectivity index (χ1n) is 8.76. The standard InChI is InChI=1S/C21H10F10O2/c1-9-2-4-13(18(26)17(9)25)21(30,31)32-10-3-5-12(14(22)6-10)20(28,29)33-11-7-15(23)19(27)16(24)8-11/h2-8H,1H3. The van der Waals surface area contributed by atoms with Crippen molar-refractivity contribution in [3.8, 4) is 11.5 Å². The van der Waals surface area contributed by atoms with Crippen molar-refractivity contribution < 1.29 is 53.4 Å². The van der Waals surface area contributed by atoms with Crippen LogP contribution in [0.3, 0.4) is 0 Å². The number of rotatable bonds is 6. The molecule has 2 nitrogen and oxygen atoms in total. The van der Waals surface area contributed by atoms with Crippen molar-refractivity contribution in [1.82, 2.24) is 0 Å². The second kappa shape index (κ2) is 8.49. The fourth-order valence-corrected chi connectivity index (χ4v) is 2.66. The molecule has 0 amide bonds. The number of hydrogen-bond acceptors (Lipinski definition) is 2. The average molecular weight is 484 g/mol. The van der Waals surface area contributed by atoms with Gasteiger partial charge in [0.1, 0.15) is 28.4 Å². The van der Waals surface area contributed by atoms with Crippen LogP contribution in [0.15, 0.2) is 42.5 Å². The van der Waals surface area contributed by atoms with Crippen molar-refractivity contribution in [2.24, 2.45) is 0 Å². The van der Waals surface area contributed by atoms with Crippen molar-refractivity contribution in [2.75, 3.05) is 0 Å².